The lowest BCUT2D eigenvalue weighted by Crippen LogP contribution is -2.52. The van der Waals surface area contributed by atoms with Gasteiger partial charge in [-0.3, -0.25) is 29.4 Å². The van der Waals surface area contributed by atoms with Crippen molar-refractivity contribution < 1.29 is 28.4 Å². The van der Waals surface area contributed by atoms with Gasteiger partial charge in [-0.15, -0.1) is 10.2 Å². The number of amides is 6. The zero-order chi connectivity index (χ0) is 44.2. The standard InChI is InChI=1S/C44H53FN14O5/c1-53-15-20-58(44(53)64)29-3-2-12-57(24-29)43-50-40(38(39(46)61)51-52-43)47-27-4-7-34(32(45)21-27)56-18-16-54(17-19-56)23-26-10-13-55(14-11-26)28-5-6-30-31-25-59(35-8-9-36(60)49-41(35)62)42(63)37(31)48-33(30)22-28/h4-7,21-22,26,29,35,48H,2-3,8-20,23-25H2,1H3,(H2,46,61)(H,47,50,52)(H,49,60,62)/t29-,35?/m1/s1. The van der Waals surface area contributed by atoms with Gasteiger partial charge in [-0.05, 0) is 68.4 Å². The van der Waals surface area contributed by atoms with Crippen molar-refractivity contribution in [1.29, 1.82) is 0 Å². The summed E-state index contributed by atoms with van der Waals surface area (Å²) in [5.74, 6) is -1.17. The molecule has 10 rings (SSSR count). The van der Waals surface area contributed by atoms with Crippen molar-refractivity contribution in [3.8, 4) is 0 Å². The Labute approximate surface area is 369 Å². The second-order valence-electron chi connectivity index (χ2n) is 17.9. The Balaban J connectivity index is 0.711. The van der Waals surface area contributed by atoms with Gasteiger partial charge in [-0.2, -0.15) is 4.98 Å². The fourth-order valence-electron chi connectivity index (χ4n) is 10.4. The maximum absolute atomic E-state index is 15.8. The molecule has 6 aliphatic heterocycles. The third kappa shape index (κ3) is 7.87. The number of hydrogen-bond acceptors (Lipinski definition) is 13. The Morgan fingerprint density at radius 2 is 1.69 bits per heavy atom. The van der Waals surface area contributed by atoms with Crippen molar-refractivity contribution in [2.75, 3.05) is 99.1 Å². The Morgan fingerprint density at radius 1 is 0.875 bits per heavy atom. The van der Waals surface area contributed by atoms with E-state index in [4.69, 9.17) is 5.73 Å². The summed E-state index contributed by atoms with van der Waals surface area (Å²) in [7, 11) is 1.80. The Bertz CT molecular complexity index is 2520. The van der Waals surface area contributed by atoms with Crippen LogP contribution in [0.4, 0.5) is 38.0 Å². The largest absolute Gasteiger partial charge is 0.371 e. The van der Waals surface area contributed by atoms with Gasteiger partial charge in [0.1, 0.15) is 17.6 Å². The van der Waals surface area contributed by atoms with E-state index in [0.29, 0.717) is 81.2 Å². The van der Waals surface area contributed by atoms with Crippen molar-refractivity contribution in [3.05, 3.63) is 59.2 Å². The number of urea groups is 1. The molecule has 64 heavy (non-hydrogen) atoms. The molecule has 0 saturated carbocycles. The number of hydrogen-bond donors (Lipinski definition) is 4. The van der Waals surface area contributed by atoms with E-state index in [9.17, 15) is 24.0 Å². The van der Waals surface area contributed by atoms with Crippen LogP contribution in [0.1, 0.15) is 65.1 Å². The second-order valence-corrected chi connectivity index (χ2v) is 17.9. The number of piperazine rings is 1. The van der Waals surface area contributed by atoms with E-state index >= 15 is 4.39 Å². The maximum atomic E-state index is 15.8. The summed E-state index contributed by atoms with van der Waals surface area (Å²) in [6.45, 7) is 8.77. The third-order valence-electron chi connectivity index (χ3n) is 14.0. The number of likely N-dealkylation sites (N-methyl/N-ethyl adjacent to an activating group) is 1. The highest BCUT2D eigenvalue weighted by atomic mass is 19.1. The van der Waals surface area contributed by atoms with Gasteiger partial charge in [0, 0.05) is 120 Å². The van der Waals surface area contributed by atoms with Gasteiger partial charge >= 0.3 is 6.03 Å². The predicted octanol–water partition coefficient (Wildman–Crippen LogP) is 2.47. The number of nitrogens with zero attached hydrogens (tertiary/aromatic N) is 10. The predicted molar refractivity (Wildman–Crippen MR) is 236 cm³/mol. The van der Waals surface area contributed by atoms with Crippen molar-refractivity contribution in [2.24, 2.45) is 11.7 Å². The normalized spacial score (nSPS) is 22.5. The van der Waals surface area contributed by atoms with Gasteiger partial charge in [0.2, 0.25) is 17.8 Å². The molecular weight excluding hydrogens is 824 g/mol. The van der Waals surface area contributed by atoms with Gasteiger partial charge in [0.25, 0.3) is 11.8 Å². The number of carbonyl (C=O) groups is 5. The summed E-state index contributed by atoms with van der Waals surface area (Å²) in [6.07, 6.45) is 4.38. The van der Waals surface area contributed by atoms with E-state index < -0.39 is 23.7 Å². The van der Waals surface area contributed by atoms with Gasteiger partial charge in [-0.1, -0.05) is 6.07 Å². The number of benzene rings is 2. The molecule has 1 unspecified atom stereocenters. The highest BCUT2D eigenvalue weighted by molar-refractivity contribution is 6.08. The number of primary amides is 1. The summed E-state index contributed by atoms with van der Waals surface area (Å²) in [6, 6.07) is 10.6. The number of aromatic nitrogens is 4. The molecule has 2 atom stereocenters. The minimum Gasteiger partial charge on any atom is -0.371 e. The number of halogens is 1. The SMILES string of the molecule is CN1CCN([C@@H]2CCCN(c3nnc(C(N)=O)c(Nc4ccc(N5CCN(CC6CCN(c7ccc8c9c([nH]c8c7)C(=O)N(C7CCC(=O)NC7=O)C9)CC6)CC5)c(F)c4)n3)C2)C1=O. The first kappa shape index (κ1) is 41.4. The summed E-state index contributed by atoms with van der Waals surface area (Å²) < 4.78 is 15.8. The lowest BCUT2D eigenvalue weighted by molar-refractivity contribution is -0.136. The highest BCUT2D eigenvalue weighted by Crippen LogP contribution is 2.36. The molecule has 19 nitrogen and oxygen atoms in total. The van der Waals surface area contributed by atoms with E-state index in [1.54, 1.807) is 29.0 Å². The number of imide groups is 1. The molecular formula is C44H53FN14O5. The lowest BCUT2D eigenvalue weighted by atomic mass is 9.95. The van der Waals surface area contributed by atoms with E-state index in [1.165, 1.54) is 6.07 Å². The van der Waals surface area contributed by atoms with Crippen LogP contribution in [-0.2, 0) is 16.1 Å². The molecule has 6 amide bonds. The number of H-pyrrole nitrogens is 1. The molecule has 2 aromatic heterocycles. The molecule has 8 heterocycles. The summed E-state index contributed by atoms with van der Waals surface area (Å²) in [5, 5.41) is 14.7. The van der Waals surface area contributed by atoms with Crippen molar-refractivity contribution in [2.45, 2.75) is 57.2 Å². The molecule has 4 aromatic rings. The summed E-state index contributed by atoms with van der Waals surface area (Å²) in [5.41, 5.74) is 9.83. The van der Waals surface area contributed by atoms with Crippen LogP contribution >= 0.6 is 0 Å². The topological polar surface area (TPSA) is 213 Å². The number of piperidine rings is 3. The average Bonchev–Trinajstić information content (AvgIpc) is 3.94. The van der Waals surface area contributed by atoms with E-state index in [0.717, 1.165) is 80.6 Å². The Morgan fingerprint density at radius 3 is 2.42 bits per heavy atom. The number of nitrogens with one attached hydrogen (secondary N) is 3. The Kier molecular flexibility index (Phi) is 10.9. The first-order chi connectivity index (χ1) is 31.0. The van der Waals surface area contributed by atoms with Crippen LogP contribution in [0.25, 0.3) is 10.9 Å². The third-order valence-corrected chi connectivity index (χ3v) is 14.0. The van der Waals surface area contributed by atoms with E-state index in [-0.39, 0.29) is 41.8 Å². The monoisotopic (exact) mass is 876 g/mol. The number of aromatic amines is 1. The van der Waals surface area contributed by atoms with Crippen LogP contribution in [0, 0.1) is 11.7 Å². The molecule has 336 valence electrons. The van der Waals surface area contributed by atoms with Gasteiger partial charge in [-0.25, -0.2) is 9.18 Å². The van der Waals surface area contributed by atoms with Crippen molar-refractivity contribution >= 4 is 69.4 Å². The molecule has 6 aliphatic rings. The van der Waals surface area contributed by atoms with Gasteiger partial charge < -0.3 is 45.4 Å². The van der Waals surface area contributed by atoms with Crippen LogP contribution < -0.4 is 31.1 Å². The molecule has 5 fully saturated rings. The fourth-order valence-corrected chi connectivity index (χ4v) is 10.4. The summed E-state index contributed by atoms with van der Waals surface area (Å²) in [4.78, 5) is 84.5. The van der Waals surface area contributed by atoms with E-state index in [2.05, 4.69) is 63.7 Å². The maximum Gasteiger partial charge on any atom is 0.320 e. The second kappa shape index (κ2) is 16.9. The number of anilines is 5. The lowest BCUT2D eigenvalue weighted by Gasteiger charge is -2.40. The molecule has 0 radical (unpaired) electrons. The zero-order valence-corrected chi connectivity index (χ0v) is 35.9. The Hall–Kier alpha value is -6.57. The van der Waals surface area contributed by atoms with Crippen LogP contribution in [0.15, 0.2) is 36.4 Å². The zero-order valence-electron chi connectivity index (χ0n) is 35.9. The van der Waals surface area contributed by atoms with Gasteiger partial charge in [0.05, 0.1) is 11.7 Å². The minimum atomic E-state index is -0.808. The van der Waals surface area contributed by atoms with E-state index in [1.807, 2.05) is 9.80 Å². The van der Waals surface area contributed by atoms with Crippen LogP contribution in [0.3, 0.4) is 0 Å². The number of fused-ring (bicyclic) bond motifs is 3. The smallest absolute Gasteiger partial charge is 0.320 e. The van der Waals surface area contributed by atoms with Crippen LogP contribution in [-0.4, -0.2) is 161 Å². The van der Waals surface area contributed by atoms with Crippen LogP contribution in [0.5, 0.6) is 0 Å². The van der Waals surface area contributed by atoms with Crippen molar-refractivity contribution in [3.63, 3.8) is 0 Å². The summed E-state index contributed by atoms with van der Waals surface area (Å²) >= 11 is 0. The van der Waals surface area contributed by atoms with Gasteiger partial charge in [0.15, 0.2) is 11.5 Å². The first-order valence-electron chi connectivity index (χ1n) is 22.4. The molecule has 0 spiro atoms. The molecule has 5 N–H and O–H groups in total. The number of rotatable bonds is 10. The first-order valence-corrected chi connectivity index (χ1v) is 22.4. The minimum absolute atomic E-state index is 0.00562. The van der Waals surface area contributed by atoms with Crippen LogP contribution in [0.2, 0.25) is 0 Å². The molecule has 20 heteroatoms. The number of carbonyl (C=O) groups excluding carboxylic acids is 5. The molecule has 2 aromatic carbocycles. The highest BCUT2D eigenvalue weighted by Gasteiger charge is 2.41. The molecule has 5 saturated heterocycles. The number of nitrogens with two attached hydrogens (primary N) is 1. The molecule has 0 aliphatic carbocycles. The average molecular weight is 877 g/mol. The molecule has 0 bridgehead atoms. The fraction of sp³-hybridized carbons (Fsp3) is 0.500. The quantitative estimate of drug-likeness (QED) is 0.169. The van der Waals surface area contributed by atoms with Crippen molar-refractivity contribution in [1.82, 2.24) is 45.1 Å².